The molecule has 0 saturated heterocycles. The summed E-state index contributed by atoms with van der Waals surface area (Å²) < 4.78 is 37.3. The van der Waals surface area contributed by atoms with E-state index in [1.54, 1.807) is 25.1 Å². The molecule has 3 aromatic rings. The molecule has 1 aromatic heterocycles. The Hall–Kier alpha value is -3.39. The van der Waals surface area contributed by atoms with Crippen molar-refractivity contribution in [3.63, 3.8) is 0 Å². The summed E-state index contributed by atoms with van der Waals surface area (Å²) in [4.78, 5) is 24.1. The number of nitrogens with one attached hydrogen (secondary N) is 1. The quantitative estimate of drug-likeness (QED) is 0.468. The average molecular weight is 413 g/mol. The number of carbonyl (C=O) groups is 2. The van der Waals surface area contributed by atoms with Crippen molar-refractivity contribution in [1.29, 1.82) is 0 Å². The molecular weight excluding hydrogens is 394 g/mol. The van der Waals surface area contributed by atoms with Gasteiger partial charge in [0.15, 0.2) is 12.4 Å². The molecule has 0 radical (unpaired) electrons. The molecule has 8 heteroatoms. The van der Waals surface area contributed by atoms with Crippen LogP contribution in [0.25, 0.3) is 0 Å². The first kappa shape index (κ1) is 20.3. The molecule has 0 aliphatic rings. The second-order valence-corrected chi connectivity index (χ2v) is 8.09. The van der Waals surface area contributed by atoms with Crippen molar-refractivity contribution >= 4 is 27.5 Å². The van der Waals surface area contributed by atoms with E-state index >= 15 is 0 Å². The fourth-order valence-corrected chi connectivity index (χ4v) is 3.54. The lowest BCUT2D eigenvalue weighted by Crippen LogP contribution is -2.15. The Morgan fingerprint density at radius 1 is 0.931 bits per heavy atom. The summed E-state index contributed by atoms with van der Waals surface area (Å²) in [6, 6.07) is 15.4. The van der Waals surface area contributed by atoms with E-state index < -0.39 is 28.4 Å². The minimum atomic E-state index is -3.73. The van der Waals surface area contributed by atoms with Crippen LogP contribution in [0.15, 0.2) is 70.0 Å². The van der Waals surface area contributed by atoms with E-state index in [1.807, 2.05) is 6.92 Å². The van der Waals surface area contributed by atoms with Crippen LogP contribution in [0.3, 0.4) is 0 Å². The van der Waals surface area contributed by atoms with Gasteiger partial charge >= 0.3 is 5.97 Å². The predicted octanol–water partition coefficient (Wildman–Crippen LogP) is 3.74. The van der Waals surface area contributed by atoms with Crippen LogP contribution in [0.4, 0.5) is 5.69 Å². The first-order valence-corrected chi connectivity index (χ1v) is 10.2. The normalized spacial score (nSPS) is 11.1. The summed E-state index contributed by atoms with van der Waals surface area (Å²) in [5, 5.41) is 0. The highest BCUT2D eigenvalue weighted by atomic mass is 32.2. The molecule has 0 atom stereocenters. The monoisotopic (exact) mass is 413 g/mol. The molecule has 1 heterocycles. The van der Waals surface area contributed by atoms with E-state index in [4.69, 9.17) is 9.15 Å². The van der Waals surface area contributed by atoms with Gasteiger partial charge in [-0.1, -0.05) is 17.7 Å². The number of furan rings is 1. The molecule has 150 valence electrons. The Morgan fingerprint density at radius 2 is 1.59 bits per heavy atom. The Bertz CT molecular complexity index is 1130. The lowest BCUT2D eigenvalue weighted by atomic mass is 10.1. The van der Waals surface area contributed by atoms with Crippen LogP contribution in [0.5, 0.6) is 0 Å². The fourth-order valence-electron chi connectivity index (χ4n) is 2.49. The largest absolute Gasteiger partial charge is 0.454 e. The van der Waals surface area contributed by atoms with Crippen LogP contribution in [-0.4, -0.2) is 26.8 Å². The number of carbonyl (C=O) groups excluding carboxylic acids is 2. The summed E-state index contributed by atoms with van der Waals surface area (Å²) >= 11 is 0. The van der Waals surface area contributed by atoms with Gasteiger partial charge in [0.2, 0.25) is 5.76 Å². The Balaban J connectivity index is 1.61. The highest BCUT2D eigenvalue weighted by Crippen LogP contribution is 2.17. The molecule has 0 bridgehead atoms. The molecule has 0 amide bonds. The number of sulfonamides is 1. The molecule has 0 aliphatic carbocycles. The maximum absolute atomic E-state index is 12.4. The number of ether oxygens (including phenoxy) is 1. The van der Waals surface area contributed by atoms with Crippen molar-refractivity contribution in [3.05, 3.63) is 83.3 Å². The summed E-state index contributed by atoms with van der Waals surface area (Å²) in [7, 11) is -3.73. The van der Waals surface area contributed by atoms with Gasteiger partial charge in [0.05, 0.1) is 4.90 Å². The van der Waals surface area contributed by atoms with Crippen LogP contribution in [0, 0.1) is 13.8 Å². The SMILES string of the molecule is Cc1ccc(S(=O)(=O)Nc2ccc(C(=O)COC(=O)c3ccc(C)o3)cc2)cc1. The lowest BCUT2D eigenvalue weighted by molar-refractivity contribution is 0.0443. The number of ketones is 1. The van der Waals surface area contributed by atoms with Gasteiger partial charge < -0.3 is 9.15 Å². The second-order valence-electron chi connectivity index (χ2n) is 6.41. The highest BCUT2D eigenvalue weighted by Gasteiger charge is 2.16. The van der Waals surface area contributed by atoms with E-state index in [1.165, 1.54) is 42.5 Å². The van der Waals surface area contributed by atoms with Crippen LogP contribution >= 0.6 is 0 Å². The fraction of sp³-hybridized carbons (Fsp3) is 0.143. The number of benzene rings is 2. The molecule has 2 aromatic carbocycles. The minimum absolute atomic E-state index is 0.0242. The van der Waals surface area contributed by atoms with Gasteiger partial charge in [-0.25, -0.2) is 13.2 Å². The zero-order valence-electron chi connectivity index (χ0n) is 15.8. The number of anilines is 1. The molecule has 1 N–H and O–H groups in total. The molecule has 7 nitrogen and oxygen atoms in total. The summed E-state index contributed by atoms with van der Waals surface area (Å²) in [6.07, 6.45) is 0. The van der Waals surface area contributed by atoms with Crippen molar-refractivity contribution in [1.82, 2.24) is 0 Å². The van der Waals surface area contributed by atoms with Crippen molar-refractivity contribution < 1.29 is 27.2 Å². The molecular formula is C21H19NO6S. The summed E-state index contributed by atoms with van der Waals surface area (Å²) in [6.45, 7) is 3.11. The Labute approximate surface area is 168 Å². The number of hydrogen-bond donors (Lipinski definition) is 1. The second kappa shape index (κ2) is 8.32. The van der Waals surface area contributed by atoms with Gasteiger partial charge in [-0.2, -0.15) is 0 Å². The number of Topliss-reactive ketones (excluding diaryl/α,β-unsaturated/α-hetero) is 1. The molecule has 0 aliphatic heterocycles. The van der Waals surface area contributed by atoms with Crippen LogP contribution < -0.4 is 4.72 Å². The molecule has 29 heavy (non-hydrogen) atoms. The van der Waals surface area contributed by atoms with Crippen LogP contribution in [-0.2, 0) is 14.8 Å². The Morgan fingerprint density at radius 3 is 2.17 bits per heavy atom. The van der Waals surface area contributed by atoms with E-state index in [0.29, 0.717) is 11.4 Å². The zero-order valence-corrected chi connectivity index (χ0v) is 16.7. The zero-order chi connectivity index (χ0) is 21.0. The number of esters is 1. The first-order valence-electron chi connectivity index (χ1n) is 8.71. The van der Waals surface area contributed by atoms with Gasteiger partial charge in [0.25, 0.3) is 10.0 Å². The standard InChI is InChI=1S/C21H19NO6S/c1-14-3-10-18(11-4-14)29(25,26)22-17-8-6-16(7-9-17)19(23)13-27-21(24)20-12-5-15(2)28-20/h3-12,22H,13H2,1-2H3. The number of aryl methyl sites for hydroxylation is 2. The first-order chi connectivity index (χ1) is 13.7. The van der Waals surface area contributed by atoms with Gasteiger partial charge in [-0.05, 0) is 62.4 Å². The molecule has 0 unspecified atom stereocenters. The number of rotatable bonds is 7. The molecule has 3 rings (SSSR count). The van der Waals surface area contributed by atoms with Gasteiger partial charge in [-0.3, -0.25) is 9.52 Å². The van der Waals surface area contributed by atoms with Crippen molar-refractivity contribution in [2.75, 3.05) is 11.3 Å². The van der Waals surface area contributed by atoms with Gasteiger partial charge in [0.1, 0.15) is 5.76 Å². The topological polar surface area (TPSA) is 103 Å². The van der Waals surface area contributed by atoms with Gasteiger partial charge in [-0.15, -0.1) is 0 Å². The van der Waals surface area contributed by atoms with Crippen LogP contribution in [0.1, 0.15) is 32.2 Å². The summed E-state index contributed by atoms with van der Waals surface area (Å²) in [5.41, 5.74) is 1.55. The highest BCUT2D eigenvalue weighted by molar-refractivity contribution is 7.92. The maximum atomic E-state index is 12.4. The van der Waals surface area contributed by atoms with E-state index in [2.05, 4.69) is 4.72 Å². The van der Waals surface area contributed by atoms with E-state index in [-0.39, 0.29) is 16.2 Å². The summed E-state index contributed by atoms with van der Waals surface area (Å²) in [5.74, 6) is -0.563. The van der Waals surface area contributed by atoms with Crippen molar-refractivity contribution in [2.24, 2.45) is 0 Å². The van der Waals surface area contributed by atoms with E-state index in [9.17, 15) is 18.0 Å². The Kier molecular flexibility index (Phi) is 5.84. The number of hydrogen-bond acceptors (Lipinski definition) is 6. The smallest absolute Gasteiger partial charge is 0.374 e. The lowest BCUT2D eigenvalue weighted by Gasteiger charge is -2.09. The molecule has 0 fully saturated rings. The predicted molar refractivity (Wildman–Crippen MR) is 106 cm³/mol. The van der Waals surface area contributed by atoms with Crippen LogP contribution in [0.2, 0.25) is 0 Å². The average Bonchev–Trinajstić information content (AvgIpc) is 3.13. The van der Waals surface area contributed by atoms with E-state index in [0.717, 1.165) is 5.56 Å². The van der Waals surface area contributed by atoms with Gasteiger partial charge in [0, 0.05) is 11.3 Å². The molecule has 0 spiro atoms. The molecule has 0 saturated carbocycles. The van der Waals surface area contributed by atoms with Crippen molar-refractivity contribution in [3.8, 4) is 0 Å². The third-order valence-corrected chi connectivity index (χ3v) is 5.46. The minimum Gasteiger partial charge on any atom is -0.454 e. The third-order valence-electron chi connectivity index (χ3n) is 4.07. The van der Waals surface area contributed by atoms with Crippen molar-refractivity contribution in [2.45, 2.75) is 18.7 Å². The third kappa shape index (κ3) is 5.11. The maximum Gasteiger partial charge on any atom is 0.374 e.